The summed E-state index contributed by atoms with van der Waals surface area (Å²) in [5.74, 6) is -4.40. The molecule has 0 aromatic rings. The molecule has 5 rings (SSSR count). The van der Waals surface area contributed by atoms with Crippen molar-refractivity contribution in [3.05, 3.63) is 11.8 Å². The first-order valence-electron chi connectivity index (χ1n) is 13.2. The SMILES string of the molecule is CC(=O)OC(C)C(C)C(=O)OC1C2OC(=O)C3(C)C1CC14C2=COC(OC(=O)CC(C)(C)O)C1CC(O)C34. The molecule has 2 heterocycles. The van der Waals surface area contributed by atoms with E-state index in [2.05, 4.69) is 0 Å². The van der Waals surface area contributed by atoms with E-state index in [0.29, 0.717) is 12.0 Å². The van der Waals surface area contributed by atoms with Crippen LogP contribution in [0.2, 0.25) is 0 Å². The van der Waals surface area contributed by atoms with Gasteiger partial charge in [0.25, 0.3) is 0 Å². The fourth-order valence-electron chi connectivity index (χ4n) is 7.81. The van der Waals surface area contributed by atoms with Gasteiger partial charge in [0, 0.05) is 35.7 Å². The fraction of sp³-hybridized carbons (Fsp3) is 0.778. The number of fused-ring (bicyclic) bond motifs is 3. The van der Waals surface area contributed by atoms with E-state index in [0.717, 1.165) is 0 Å². The highest BCUT2D eigenvalue weighted by molar-refractivity contribution is 5.82. The van der Waals surface area contributed by atoms with Gasteiger partial charge >= 0.3 is 23.9 Å². The number of aliphatic hydroxyl groups is 2. The second-order valence-corrected chi connectivity index (χ2v) is 12.4. The van der Waals surface area contributed by atoms with E-state index in [1.54, 1.807) is 20.8 Å². The lowest BCUT2D eigenvalue weighted by atomic mass is 9.61. The zero-order valence-corrected chi connectivity index (χ0v) is 22.5. The zero-order chi connectivity index (χ0) is 27.9. The Balaban J connectivity index is 1.47. The van der Waals surface area contributed by atoms with Gasteiger partial charge in [-0.1, -0.05) is 0 Å². The van der Waals surface area contributed by atoms with Crippen LogP contribution >= 0.6 is 0 Å². The van der Waals surface area contributed by atoms with Gasteiger partial charge in [0.2, 0.25) is 6.29 Å². The van der Waals surface area contributed by atoms with Crippen LogP contribution in [-0.2, 0) is 42.9 Å². The van der Waals surface area contributed by atoms with Gasteiger partial charge in [-0.3, -0.25) is 19.2 Å². The lowest BCUT2D eigenvalue weighted by molar-refractivity contribution is -0.215. The molecule has 3 saturated carbocycles. The van der Waals surface area contributed by atoms with Crippen LogP contribution in [0.25, 0.3) is 0 Å². The van der Waals surface area contributed by atoms with Crippen LogP contribution in [0.4, 0.5) is 0 Å². The summed E-state index contributed by atoms with van der Waals surface area (Å²) < 4.78 is 28.5. The maximum atomic E-state index is 13.4. The first-order chi connectivity index (χ1) is 17.6. The normalized spacial score (nSPS) is 41.7. The maximum absolute atomic E-state index is 13.4. The van der Waals surface area contributed by atoms with Gasteiger partial charge in [-0.15, -0.1) is 0 Å². The standard InChI is InChI=1S/C27H36O11/c1-11(12(2)35-13(3)28)22(31)37-19-15-8-27-14-7-17(29)21(27)26(15,6)24(32)38-20(19)16(27)10-34-23(14)36-18(30)9-25(4,5)33/h10-12,14-15,17,19-21,23,29,33H,7-9H2,1-6H3. The van der Waals surface area contributed by atoms with Gasteiger partial charge < -0.3 is 33.9 Å². The minimum absolute atomic E-state index is 0.234. The van der Waals surface area contributed by atoms with E-state index in [4.69, 9.17) is 23.7 Å². The molecule has 2 N–H and O–H groups in total. The Bertz CT molecular complexity index is 1090. The van der Waals surface area contributed by atoms with Crippen molar-refractivity contribution in [1.82, 2.24) is 0 Å². The lowest BCUT2D eigenvalue weighted by Gasteiger charge is -2.51. The fourth-order valence-corrected chi connectivity index (χ4v) is 7.81. The van der Waals surface area contributed by atoms with Crippen molar-refractivity contribution in [1.29, 1.82) is 0 Å². The first kappa shape index (κ1) is 26.9. The molecular weight excluding hydrogens is 500 g/mol. The molecule has 11 nitrogen and oxygen atoms in total. The zero-order valence-electron chi connectivity index (χ0n) is 22.5. The van der Waals surface area contributed by atoms with Crippen LogP contribution in [0.5, 0.6) is 0 Å². The molecule has 11 heteroatoms. The number of carbonyl (C=O) groups is 4. The summed E-state index contributed by atoms with van der Waals surface area (Å²) in [5.41, 5.74) is -2.54. The predicted molar refractivity (Wildman–Crippen MR) is 126 cm³/mol. The molecule has 0 aromatic carbocycles. The van der Waals surface area contributed by atoms with Crippen LogP contribution in [0.15, 0.2) is 11.8 Å². The topological polar surface area (TPSA) is 155 Å². The second kappa shape index (κ2) is 8.67. The summed E-state index contributed by atoms with van der Waals surface area (Å²) in [6, 6.07) is 0. The second-order valence-electron chi connectivity index (χ2n) is 12.4. The Hall–Kier alpha value is -2.66. The van der Waals surface area contributed by atoms with Crippen LogP contribution in [-0.4, -0.2) is 70.4 Å². The predicted octanol–water partition coefficient (Wildman–Crippen LogP) is 1.38. The summed E-state index contributed by atoms with van der Waals surface area (Å²) in [7, 11) is 0. The molecule has 1 saturated heterocycles. The molecule has 3 aliphatic carbocycles. The van der Waals surface area contributed by atoms with E-state index >= 15 is 0 Å². The van der Waals surface area contributed by atoms with Gasteiger partial charge in [0.05, 0.1) is 35.7 Å². The van der Waals surface area contributed by atoms with E-state index in [9.17, 15) is 29.4 Å². The van der Waals surface area contributed by atoms with E-state index in [1.165, 1.54) is 27.0 Å². The molecule has 0 amide bonds. The summed E-state index contributed by atoms with van der Waals surface area (Å²) in [6.07, 6.45) is -2.48. The van der Waals surface area contributed by atoms with Crippen molar-refractivity contribution in [3.8, 4) is 0 Å². The Morgan fingerprint density at radius 2 is 1.89 bits per heavy atom. The van der Waals surface area contributed by atoms with Crippen molar-refractivity contribution in [2.45, 2.75) is 97.1 Å². The Kier molecular flexibility index (Phi) is 6.15. The molecule has 5 aliphatic rings. The highest BCUT2D eigenvalue weighted by Gasteiger charge is 2.82. The smallest absolute Gasteiger partial charge is 0.313 e. The van der Waals surface area contributed by atoms with E-state index in [1.807, 2.05) is 0 Å². The monoisotopic (exact) mass is 536 g/mol. The molecule has 11 atom stereocenters. The van der Waals surface area contributed by atoms with E-state index < -0.39 is 94.7 Å². The van der Waals surface area contributed by atoms with Crippen LogP contribution in [0.3, 0.4) is 0 Å². The Labute approximate surface area is 220 Å². The molecule has 1 spiro atoms. The number of carbonyl (C=O) groups excluding carboxylic acids is 4. The summed E-state index contributed by atoms with van der Waals surface area (Å²) in [6.45, 7) is 9.22. The number of aliphatic hydroxyl groups excluding tert-OH is 1. The van der Waals surface area contributed by atoms with E-state index in [-0.39, 0.29) is 12.8 Å². The molecule has 11 unspecified atom stereocenters. The number of hydrogen-bond donors (Lipinski definition) is 2. The Morgan fingerprint density at radius 3 is 2.53 bits per heavy atom. The third-order valence-electron chi connectivity index (χ3n) is 9.45. The number of rotatable bonds is 7. The van der Waals surface area contributed by atoms with Gasteiger partial charge in [-0.25, -0.2) is 0 Å². The number of esters is 4. The van der Waals surface area contributed by atoms with Crippen LogP contribution in [0, 0.1) is 34.5 Å². The quantitative estimate of drug-likeness (QED) is 0.358. The summed E-state index contributed by atoms with van der Waals surface area (Å²) in [5, 5.41) is 21.3. The average Bonchev–Trinajstić information content (AvgIpc) is 3.19. The maximum Gasteiger partial charge on any atom is 0.313 e. The molecule has 0 radical (unpaired) electrons. The molecular formula is C27H36O11. The van der Waals surface area contributed by atoms with Crippen LogP contribution < -0.4 is 0 Å². The largest absolute Gasteiger partial charge is 0.462 e. The molecule has 0 aromatic heterocycles. The van der Waals surface area contributed by atoms with Crippen molar-refractivity contribution < 1.29 is 53.1 Å². The van der Waals surface area contributed by atoms with Gasteiger partial charge in [-0.2, -0.15) is 0 Å². The lowest BCUT2D eigenvalue weighted by Crippen LogP contribution is -2.59. The third-order valence-corrected chi connectivity index (χ3v) is 9.45. The minimum atomic E-state index is -1.26. The summed E-state index contributed by atoms with van der Waals surface area (Å²) in [4.78, 5) is 50.4. The van der Waals surface area contributed by atoms with Crippen molar-refractivity contribution in [2.24, 2.45) is 34.5 Å². The van der Waals surface area contributed by atoms with Crippen LogP contribution in [0.1, 0.15) is 60.8 Å². The molecule has 4 fully saturated rings. The van der Waals surface area contributed by atoms with Crippen molar-refractivity contribution >= 4 is 23.9 Å². The molecule has 38 heavy (non-hydrogen) atoms. The highest BCUT2D eigenvalue weighted by Crippen LogP contribution is 2.77. The number of ether oxygens (including phenoxy) is 5. The van der Waals surface area contributed by atoms with Crippen molar-refractivity contribution in [2.75, 3.05) is 0 Å². The highest BCUT2D eigenvalue weighted by atomic mass is 16.7. The molecule has 210 valence electrons. The summed E-state index contributed by atoms with van der Waals surface area (Å²) >= 11 is 0. The molecule has 2 aliphatic heterocycles. The minimum Gasteiger partial charge on any atom is -0.462 e. The first-order valence-corrected chi connectivity index (χ1v) is 13.2. The average molecular weight is 537 g/mol. The van der Waals surface area contributed by atoms with Crippen molar-refractivity contribution in [3.63, 3.8) is 0 Å². The third kappa shape index (κ3) is 3.76. The van der Waals surface area contributed by atoms with Gasteiger partial charge in [0.1, 0.15) is 12.2 Å². The number of hydrogen-bond acceptors (Lipinski definition) is 11. The molecule has 3 bridgehead atoms. The van der Waals surface area contributed by atoms with Gasteiger partial charge in [-0.05, 0) is 47.5 Å². The Morgan fingerprint density at radius 1 is 1.21 bits per heavy atom. The van der Waals surface area contributed by atoms with Gasteiger partial charge in [0.15, 0.2) is 6.10 Å².